The number of fused-ring (bicyclic) bond motifs is 1. The standard InChI is InChI=1S/C36H45N9O16P2S/c1-2-3-9-26(46)42-21(10-11-28(47)64-17-20-7-5-4-6-8-20)35(49)60-31-24(59-34(30(31)48)45-19-41-29-32(38)39-18-40-33(29)45)16-57-63(54,55)61-22-14-27(44-13-12-25(37)43-36(44)50)58-23(22)15-56-62(51,52)53/h2,4-8,12-13,18-19,21-24,27,30-31,34,48H,1,3,9-11,14-17H2,(H,42,46)(H,54,55)(H2,37,43,50)(H2,38,39,40)(H2,51,52,53)/t21-,22+,23-,24+,27-,30-,31-,34-/m1/s1. The number of anilines is 2. The smallest absolute Gasteiger partial charge is 0.455 e. The molecule has 0 aliphatic carbocycles. The van der Waals surface area contributed by atoms with E-state index in [9.17, 15) is 48.1 Å². The van der Waals surface area contributed by atoms with Crippen LogP contribution in [0, 0.1) is 0 Å². The highest BCUT2D eigenvalue weighted by atomic mass is 32.2. The molecule has 1 unspecified atom stereocenters. The number of nitrogens with zero attached hydrogens (tertiary/aromatic N) is 6. The van der Waals surface area contributed by atoms with E-state index in [1.165, 1.54) is 29.2 Å². The van der Waals surface area contributed by atoms with Gasteiger partial charge in [-0.3, -0.25) is 32.3 Å². The van der Waals surface area contributed by atoms with Gasteiger partial charge in [0.1, 0.15) is 54.3 Å². The number of nitrogen functional groups attached to an aromatic ring is 2. The molecule has 2 fully saturated rings. The highest BCUT2D eigenvalue weighted by Gasteiger charge is 2.50. The molecule has 0 spiro atoms. The summed E-state index contributed by atoms with van der Waals surface area (Å²) in [6, 6.07) is 9.06. The van der Waals surface area contributed by atoms with Crippen LogP contribution < -0.4 is 22.5 Å². The lowest BCUT2D eigenvalue weighted by Crippen LogP contribution is -2.46. The van der Waals surface area contributed by atoms with E-state index < -0.39 is 95.4 Å². The van der Waals surface area contributed by atoms with Crippen LogP contribution in [0.2, 0.25) is 0 Å². The molecule has 0 bridgehead atoms. The van der Waals surface area contributed by atoms with Gasteiger partial charge in [-0.15, -0.1) is 6.58 Å². The molecular weight excluding hydrogens is 908 g/mol. The lowest BCUT2D eigenvalue weighted by atomic mass is 10.1. The molecule has 28 heteroatoms. The number of thioether (sulfide) groups is 1. The van der Waals surface area contributed by atoms with Gasteiger partial charge in [0.15, 0.2) is 28.9 Å². The lowest BCUT2D eigenvalue weighted by Gasteiger charge is -2.25. The fourth-order valence-corrected chi connectivity index (χ4v) is 8.72. The van der Waals surface area contributed by atoms with Gasteiger partial charge in [-0.1, -0.05) is 48.2 Å². The zero-order valence-electron chi connectivity index (χ0n) is 33.6. The maximum atomic E-state index is 13.9. The Hall–Kier alpha value is -4.95. The summed E-state index contributed by atoms with van der Waals surface area (Å²) < 4.78 is 60.1. The van der Waals surface area contributed by atoms with Crippen LogP contribution >= 0.6 is 27.4 Å². The van der Waals surface area contributed by atoms with Crippen molar-refractivity contribution >= 4 is 67.2 Å². The Kier molecular flexibility index (Phi) is 16.2. The summed E-state index contributed by atoms with van der Waals surface area (Å²) in [6.45, 7) is 1.81. The number of phosphoric acid groups is 2. The first-order valence-electron chi connectivity index (χ1n) is 19.3. The number of hydrogen-bond donors (Lipinski definition) is 7. The minimum Gasteiger partial charge on any atom is -0.455 e. The van der Waals surface area contributed by atoms with Crippen LogP contribution in [0.3, 0.4) is 0 Å². The van der Waals surface area contributed by atoms with Crippen LogP contribution in [0.4, 0.5) is 11.6 Å². The number of benzene rings is 1. The molecule has 25 nitrogen and oxygen atoms in total. The highest BCUT2D eigenvalue weighted by Crippen LogP contribution is 2.50. The molecule has 2 aliphatic heterocycles. The van der Waals surface area contributed by atoms with Crippen molar-refractivity contribution in [1.82, 2.24) is 34.4 Å². The summed E-state index contributed by atoms with van der Waals surface area (Å²) in [4.78, 5) is 97.7. The van der Waals surface area contributed by atoms with Gasteiger partial charge < -0.3 is 50.8 Å². The second kappa shape index (κ2) is 21.4. The number of imidazole rings is 1. The van der Waals surface area contributed by atoms with Gasteiger partial charge in [0, 0.05) is 31.2 Å². The van der Waals surface area contributed by atoms with Crippen molar-refractivity contribution in [1.29, 1.82) is 0 Å². The summed E-state index contributed by atoms with van der Waals surface area (Å²) in [6.07, 6.45) is -6.12. The third kappa shape index (κ3) is 12.9. The molecule has 0 radical (unpaired) electrons. The van der Waals surface area contributed by atoms with Crippen LogP contribution in [0.5, 0.6) is 0 Å². The van der Waals surface area contributed by atoms with Crippen LogP contribution in [0.25, 0.3) is 11.2 Å². The van der Waals surface area contributed by atoms with Crippen molar-refractivity contribution in [3.8, 4) is 0 Å². The largest absolute Gasteiger partial charge is 0.472 e. The molecule has 64 heavy (non-hydrogen) atoms. The Morgan fingerprint density at radius 1 is 1.02 bits per heavy atom. The molecule has 6 rings (SSSR count). The van der Waals surface area contributed by atoms with E-state index >= 15 is 0 Å². The molecule has 9 N–H and O–H groups in total. The monoisotopic (exact) mass is 953 g/mol. The number of carbonyl (C=O) groups is 3. The van der Waals surface area contributed by atoms with Gasteiger partial charge in [0.05, 0.1) is 19.5 Å². The van der Waals surface area contributed by atoms with Gasteiger partial charge in [-0.2, -0.15) is 4.98 Å². The minimum absolute atomic E-state index is 0.0101. The zero-order chi connectivity index (χ0) is 46.2. The van der Waals surface area contributed by atoms with Gasteiger partial charge >= 0.3 is 27.3 Å². The molecule has 9 atom stereocenters. The highest BCUT2D eigenvalue weighted by molar-refractivity contribution is 8.12. The zero-order valence-corrected chi connectivity index (χ0v) is 36.2. The maximum absolute atomic E-state index is 13.9. The number of amides is 1. The number of aliphatic hydroxyl groups excluding tert-OH is 1. The number of nitrogens with one attached hydrogen (secondary N) is 1. The number of rotatable bonds is 21. The Labute approximate surface area is 367 Å². The summed E-state index contributed by atoms with van der Waals surface area (Å²) in [7, 11) is -10.3. The van der Waals surface area contributed by atoms with Crippen LogP contribution in [-0.4, -0.2) is 116 Å². The van der Waals surface area contributed by atoms with Crippen molar-refractivity contribution in [3.63, 3.8) is 0 Å². The lowest BCUT2D eigenvalue weighted by molar-refractivity contribution is -0.160. The number of nitrogens with two attached hydrogens (primary N) is 2. The van der Waals surface area contributed by atoms with Crippen molar-refractivity contribution in [2.24, 2.45) is 0 Å². The van der Waals surface area contributed by atoms with E-state index in [2.05, 4.69) is 36.4 Å². The van der Waals surface area contributed by atoms with Crippen LogP contribution in [-0.2, 0) is 57.0 Å². The normalized spacial score (nSPS) is 23.7. The predicted molar refractivity (Wildman–Crippen MR) is 223 cm³/mol. The molecular formula is C36H45N9O16P2S. The van der Waals surface area contributed by atoms with E-state index in [-0.39, 0.29) is 60.0 Å². The van der Waals surface area contributed by atoms with Gasteiger partial charge in [0.25, 0.3) is 0 Å². The molecule has 1 aromatic carbocycles. The molecule has 1 amide bonds. The van der Waals surface area contributed by atoms with E-state index in [4.69, 9.17) is 34.7 Å². The quantitative estimate of drug-likeness (QED) is 0.0348. The maximum Gasteiger partial charge on any atom is 0.472 e. The molecule has 3 aromatic heterocycles. The first-order valence-corrected chi connectivity index (χ1v) is 23.3. The summed E-state index contributed by atoms with van der Waals surface area (Å²) in [5.41, 5.74) is 11.8. The fraction of sp³-hybridized carbons (Fsp3) is 0.444. The Balaban J connectivity index is 1.20. The second-order valence-corrected chi connectivity index (χ2v) is 18.0. The SMILES string of the molecule is C=CCCC(=O)N[C@H](CCC(=O)SCc1ccccc1)C(=O)O[C@H]1[C@@H](O)[C@H](n2cnc3c(N)ncnc32)O[C@H]1COP(=O)(O)O[C@H]1C[C@H](n2ccc(N)nc2=O)O[C@@H]1COP(=O)(O)O. The predicted octanol–water partition coefficient (Wildman–Crippen LogP) is 1.01. The first kappa shape index (κ1) is 48.5. The molecule has 346 valence electrons. The summed E-state index contributed by atoms with van der Waals surface area (Å²) >= 11 is 1.02. The fourth-order valence-electron chi connectivity index (χ4n) is 6.64. The summed E-state index contributed by atoms with van der Waals surface area (Å²) in [5.74, 6) is -1.41. The number of aromatic nitrogens is 6. The van der Waals surface area contributed by atoms with Crippen molar-refractivity contribution in [3.05, 3.63) is 84.0 Å². The number of allylic oxidation sites excluding steroid dienone is 1. The Bertz CT molecular complexity index is 2460. The number of ether oxygens (including phenoxy) is 3. The van der Waals surface area contributed by atoms with Crippen LogP contribution in [0.15, 0.2) is 72.7 Å². The first-order chi connectivity index (χ1) is 30.4. The number of aliphatic hydroxyl groups is 1. The Morgan fingerprint density at radius 3 is 2.48 bits per heavy atom. The number of esters is 1. The van der Waals surface area contributed by atoms with E-state index in [0.29, 0.717) is 5.75 Å². The van der Waals surface area contributed by atoms with E-state index in [0.717, 1.165) is 28.2 Å². The molecule has 4 aromatic rings. The summed E-state index contributed by atoms with van der Waals surface area (Å²) in [5, 5.41) is 14.0. The van der Waals surface area contributed by atoms with Crippen molar-refractivity contribution in [2.45, 2.75) is 86.9 Å². The average Bonchev–Trinajstić information content (AvgIpc) is 3.94. The second-order valence-electron chi connectivity index (χ2n) is 14.3. The molecule has 2 aliphatic rings. The Morgan fingerprint density at radius 2 is 1.77 bits per heavy atom. The van der Waals surface area contributed by atoms with Gasteiger partial charge in [-0.05, 0) is 24.5 Å². The number of phosphoric ester groups is 2. The van der Waals surface area contributed by atoms with Crippen LogP contribution in [0.1, 0.15) is 50.1 Å². The van der Waals surface area contributed by atoms with Crippen molar-refractivity contribution < 1.29 is 71.1 Å². The third-order valence-corrected chi connectivity index (χ3v) is 12.2. The topological polar surface area (TPSA) is 364 Å². The number of hydrogen-bond acceptors (Lipinski definition) is 20. The van der Waals surface area contributed by atoms with Crippen molar-refractivity contribution in [2.75, 3.05) is 24.7 Å². The molecule has 5 heterocycles. The van der Waals surface area contributed by atoms with Gasteiger partial charge in [0.2, 0.25) is 5.91 Å². The average molecular weight is 954 g/mol. The van der Waals surface area contributed by atoms with E-state index in [1.807, 2.05) is 30.3 Å². The number of carbonyl (C=O) groups excluding carboxylic acids is 3. The molecule has 2 saturated heterocycles. The minimum atomic E-state index is -5.26. The van der Waals surface area contributed by atoms with E-state index in [1.54, 1.807) is 0 Å². The molecule has 0 saturated carbocycles. The van der Waals surface area contributed by atoms with Gasteiger partial charge in [-0.25, -0.2) is 33.7 Å². The third-order valence-electron chi connectivity index (χ3n) is 9.72.